The van der Waals surface area contributed by atoms with Crippen molar-refractivity contribution in [2.75, 3.05) is 20.9 Å². The highest BCUT2D eigenvalue weighted by Crippen LogP contribution is 2.26. The molecule has 0 spiro atoms. The molecule has 0 aliphatic rings. The molecular weight excluding hydrogens is 673 g/mol. The van der Waals surface area contributed by atoms with E-state index in [-0.39, 0.29) is 9.79 Å². The van der Waals surface area contributed by atoms with E-state index in [0.29, 0.717) is 22.1 Å². The quantitative estimate of drug-likeness (QED) is 0.212. The number of carbonyl (C=O) groups is 1. The SMILES string of the molecule is Cc1ccc(NS(=O)(=O)c2ccc(NC(=O)CN(c3ccc(I)cc3)S(=O)(=O)c3ccccc3)cc2)cc1Cl. The first-order chi connectivity index (χ1) is 18.5. The van der Waals surface area contributed by atoms with Gasteiger partial charge in [0.1, 0.15) is 6.54 Å². The Morgan fingerprint density at radius 1 is 0.821 bits per heavy atom. The number of hydrogen-bond acceptors (Lipinski definition) is 5. The van der Waals surface area contributed by atoms with Crippen LogP contribution >= 0.6 is 34.2 Å². The minimum atomic E-state index is -4.04. The first kappa shape index (κ1) is 28.9. The van der Waals surface area contributed by atoms with Crippen molar-refractivity contribution in [1.29, 1.82) is 0 Å². The Bertz CT molecular complexity index is 1700. The summed E-state index contributed by atoms with van der Waals surface area (Å²) in [6.45, 7) is 1.32. The lowest BCUT2D eigenvalue weighted by molar-refractivity contribution is -0.114. The van der Waals surface area contributed by atoms with Gasteiger partial charge in [0.2, 0.25) is 5.91 Å². The number of rotatable bonds is 9. The standard InChI is InChI=1S/C27H23ClIN3O5S2/c1-19-7-10-22(17-26(19)28)31-38(34,35)24-15-11-21(12-16-24)30-27(33)18-32(23-13-8-20(29)9-14-23)39(36,37)25-5-3-2-4-6-25/h2-17,31H,18H2,1H3,(H,30,33). The van der Waals surface area contributed by atoms with E-state index in [1.54, 1.807) is 54.6 Å². The van der Waals surface area contributed by atoms with Crippen molar-refractivity contribution >= 4 is 77.2 Å². The van der Waals surface area contributed by atoms with Gasteiger partial charge in [-0.2, -0.15) is 0 Å². The van der Waals surface area contributed by atoms with E-state index in [1.165, 1.54) is 42.5 Å². The van der Waals surface area contributed by atoms with E-state index < -0.39 is 32.5 Å². The van der Waals surface area contributed by atoms with Crippen LogP contribution in [0.4, 0.5) is 17.1 Å². The highest BCUT2D eigenvalue weighted by molar-refractivity contribution is 14.1. The summed E-state index contributed by atoms with van der Waals surface area (Å²) in [5, 5.41) is 3.07. The molecule has 4 aromatic rings. The van der Waals surface area contributed by atoms with Gasteiger partial charge in [-0.15, -0.1) is 0 Å². The maximum Gasteiger partial charge on any atom is 0.264 e. The van der Waals surface area contributed by atoms with Crippen molar-refractivity contribution in [1.82, 2.24) is 0 Å². The van der Waals surface area contributed by atoms with Crippen LogP contribution in [-0.2, 0) is 24.8 Å². The summed E-state index contributed by atoms with van der Waals surface area (Å²) >= 11 is 8.20. The Labute approximate surface area is 246 Å². The van der Waals surface area contributed by atoms with Crippen LogP contribution in [0.2, 0.25) is 5.02 Å². The summed E-state index contributed by atoms with van der Waals surface area (Å²) in [4.78, 5) is 13.0. The molecule has 0 saturated heterocycles. The topological polar surface area (TPSA) is 113 Å². The Morgan fingerprint density at radius 3 is 2.05 bits per heavy atom. The fraction of sp³-hybridized carbons (Fsp3) is 0.0741. The Kier molecular flexibility index (Phi) is 8.84. The van der Waals surface area contributed by atoms with Crippen LogP contribution in [-0.4, -0.2) is 29.3 Å². The van der Waals surface area contributed by atoms with Crippen LogP contribution in [0.15, 0.2) is 107 Å². The first-order valence-electron chi connectivity index (χ1n) is 11.5. The molecule has 0 unspecified atom stereocenters. The summed E-state index contributed by atoms with van der Waals surface area (Å²) in [5.41, 5.74) is 1.77. The van der Waals surface area contributed by atoms with Gasteiger partial charge in [-0.05, 0) is 108 Å². The molecule has 202 valence electrons. The highest BCUT2D eigenvalue weighted by Gasteiger charge is 2.27. The van der Waals surface area contributed by atoms with Crippen LogP contribution in [0.3, 0.4) is 0 Å². The van der Waals surface area contributed by atoms with Crippen molar-refractivity contribution in [2.24, 2.45) is 0 Å². The lowest BCUT2D eigenvalue weighted by Crippen LogP contribution is -2.38. The third-order valence-corrected chi connectivity index (χ3v) is 9.92. The second-order valence-corrected chi connectivity index (χ2v) is 13.6. The molecule has 0 atom stereocenters. The van der Waals surface area contributed by atoms with Gasteiger partial charge >= 0.3 is 0 Å². The van der Waals surface area contributed by atoms with Gasteiger partial charge < -0.3 is 5.32 Å². The van der Waals surface area contributed by atoms with Crippen LogP contribution in [0.25, 0.3) is 0 Å². The zero-order chi connectivity index (χ0) is 28.2. The van der Waals surface area contributed by atoms with Gasteiger partial charge in [-0.25, -0.2) is 16.8 Å². The summed E-state index contributed by atoms with van der Waals surface area (Å²) in [6, 6.07) is 25.0. The number of hydrogen-bond donors (Lipinski definition) is 2. The Hall–Kier alpha value is -3.13. The van der Waals surface area contributed by atoms with Gasteiger partial charge in [0.25, 0.3) is 20.0 Å². The minimum absolute atomic E-state index is 0.0237. The molecule has 12 heteroatoms. The van der Waals surface area contributed by atoms with E-state index >= 15 is 0 Å². The molecule has 0 heterocycles. The average molecular weight is 696 g/mol. The predicted molar refractivity (Wildman–Crippen MR) is 162 cm³/mol. The van der Waals surface area contributed by atoms with Gasteiger partial charge in [0.15, 0.2) is 0 Å². The molecule has 0 radical (unpaired) electrons. The fourth-order valence-electron chi connectivity index (χ4n) is 3.56. The smallest absolute Gasteiger partial charge is 0.264 e. The zero-order valence-electron chi connectivity index (χ0n) is 20.5. The number of benzene rings is 4. The second kappa shape index (κ2) is 11.9. The van der Waals surface area contributed by atoms with Gasteiger partial charge in [-0.1, -0.05) is 35.9 Å². The monoisotopic (exact) mass is 695 g/mol. The first-order valence-corrected chi connectivity index (χ1v) is 15.9. The number of aryl methyl sites for hydroxylation is 1. The van der Waals surface area contributed by atoms with Gasteiger partial charge in [0, 0.05) is 14.3 Å². The molecule has 0 saturated carbocycles. The lowest BCUT2D eigenvalue weighted by Gasteiger charge is -2.24. The molecule has 0 aromatic heterocycles. The zero-order valence-corrected chi connectivity index (χ0v) is 25.1. The molecule has 0 bridgehead atoms. The Balaban J connectivity index is 1.51. The van der Waals surface area contributed by atoms with E-state index in [9.17, 15) is 21.6 Å². The van der Waals surface area contributed by atoms with Crippen molar-refractivity contribution in [2.45, 2.75) is 16.7 Å². The van der Waals surface area contributed by atoms with E-state index in [2.05, 4.69) is 32.6 Å². The number of carbonyl (C=O) groups excluding carboxylic acids is 1. The molecule has 2 N–H and O–H groups in total. The summed E-state index contributed by atoms with van der Waals surface area (Å²) in [6.07, 6.45) is 0. The molecular formula is C27H23ClIN3O5S2. The third kappa shape index (κ3) is 7.10. The molecule has 0 aliphatic carbocycles. The Morgan fingerprint density at radius 2 is 1.44 bits per heavy atom. The second-order valence-electron chi connectivity index (χ2n) is 8.44. The number of amides is 1. The van der Waals surface area contributed by atoms with Crippen molar-refractivity contribution in [3.05, 3.63) is 111 Å². The van der Waals surface area contributed by atoms with Crippen molar-refractivity contribution < 1.29 is 21.6 Å². The lowest BCUT2D eigenvalue weighted by atomic mass is 10.2. The molecule has 1 amide bonds. The number of nitrogens with zero attached hydrogens (tertiary/aromatic N) is 1. The molecule has 4 rings (SSSR count). The van der Waals surface area contributed by atoms with E-state index in [1.807, 2.05) is 6.92 Å². The predicted octanol–water partition coefficient (Wildman–Crippen LogP) is 5.89. The maximum absolute atomic E-state index is 13.4. The summed E-state index contributed by atoms with van der Waals surface area (Å²) in [5.74, 6) is -0.601. The number of sulfonamides is 2. The summed E-state index contributed by atoms with van der Waals surface area (Å²) < 4.78 is 56.8. The van der Waals surface area contributed by atoms with Crippen LogP contribution in [0, 0.1) is 10.5 Å². The minimum Gasteiger partial charge on any atom is -0.325 e. The largest absolute Gasteiger partial charge is 0.325 e. The van der Waals surface area contributed by atoms with Gasteiger partial charge in [-0.3, -0.25) is 13.8 Å². The molecule has 0 fully saturated rings. The molecule has 0 aliphatic heterocycles. The molecule has 39 heavy (non-hydrogen) atoms. The maximum atomic E-state index is 13.4. The van der Waals surface area contributed by atoms with Gasteiger partial charge in [0.05, 0.1) is 21.2 Å². The number of nitrogens with one attached hydrogen (secondary N) is 2. The average Bonchev–Trinajstić information content (AvgIpc) is 2.90. The highest BCUT2D eigenvalue weighted by atomic mass is 127. The molecule has 8 nitrogen and oxygen atoms in total. The van der Waals surface area contributed by atoms with Crippen LogP contribution in [0.5, 0.6) is 0 Å². The summed E-state index contributed by atoms with van der Waals surface area (Å²) in [7, 11) is -7.95. The molecule has 4 aromatic carbocycles. The van der Waals surface area contributed by atoms with Crippen LogP contribution < -0.4 is 14.3 Å². The fourth-order valence-corrected chi connectivity index (χ4v) is 6.59. The van der Waals surface area contributed by atoms with E-state index in [0.717, 1.165) is 13.4 Å². The normalized spacial score (nSPS) is 11.6. The van der Waals surface area contributed by atoms with Crippen LogP contribution in [0.1, 0.15) is 5.56 Å². The van der Waals surface area contributed by atoms with Crippen molar-refractivity contribution in [3.63, 3.8) is 0 Å². The van der Waals surface area contributed by atoms with Crippen molar-refractivity contribution in [3.8, 4) is 0 Å². The van der Waals surface area contributed by atoms with E-state index in [4.69, 9.17) is 11.6 Å². The number of halogens is 2. The third-order valence-electron chi connectivity index (χ3n) is 5.61. The number of anilines is 3.